The second-order valence-corrected chi connectivity index (χ2v) is 10.2. The van der Waals surface area contributed by atoms with Gasteiger partial charge in [-0.1, -0.05) is 27.5 Å². The molecule has 7 nitrogen and oxygen atoms in total. The summed E-state index contributed by atoms with van der Waals surface area (Å²) in [5.74, 6) is 3.66. The van der Waals surface area contributed by atoms with Gasteiger partial charge in [-0.15, -0.1) is 6.42 Å². The van der Waals surface area contributed by atoms with Gasteiger partial charge in [0.15, 0.2) is 0 Å². The van der Waals surface area contributed by atoms with Crippen LogP contribution in [0.15, 0.2) is 0 Å². The quantitative estimate of drug-likeness (QED) is 0.316. The fourth-order valence-corrected chi connectivity index (χ4v) is 7.00. The molecule has 134 valence electrons. The number of hydrogen-bond acceptors (Lipinski definition) is 9. The van der Waals surface area contributed by atoms with Gasteiger partial charge in [0.1, 0.15) is 38.4 Å². The number of aliphatic hydroxyl groups is 1. The second kappa shape index (κ2) is 7.51. The van der Waals surface area contributed by atoms with Crippen LogP contribution in [0.2, 0.25) is 0 Å². The standard InChI is InChI=1S/C13H20BO7PS2/c1-3-4-17-9-6-23-24-7-10(9)20-22(16)18-5-8-11(21-22)13(2,15)12(14)19-8/h1,8-12,15H,4-7,14H2,2H3/t8-,9-,10-,11?,12-,13-,22?/m1/s1. The summed E-state index contributed by atoms with van der Waals surface area (Å²) in [5.41, 5.74) is -1.26. The van der Waals surface area contributed by atoms with Crippen LogP contribution < -0.4 is 0 Å². The van der Waals surface area contributed by atoms with Crippen LogP contribution in [0.25, 0.3) is 0 Å². The first kappa shape index (κ1) is 19.1. The van der Waals surface area contributed by atoms with E-state index in [-0.39, 0.29) is 19.3 Å². The van der Waals surface area contributed by atoms with Gasteiger partial charge in [0.05, 0.1) is 18.7 Å². The normalized spacial score (nSPS) is 48.6. The van der Waals surface area contributed by atoms with Gasteiger partial charge in [-0.2, -0.15) is 0 Å². The third-order valence-electron chi connectivity index (χ3n) is 4.36. The Hall–Kier alpha value is 0.315. The molecule has 3 rings (SSSR count). The number of phosphoric acid groups is 1. The van der Waals surface area contributed by atoms with E-state index in [0.717, 1.165) is 0 Å². The van der Waals surface area contributed by atoms with Crippen LogP contribution in [-0.2, 0) is 27.6 Å². The zero-order valence-corrected chi connectivity index (χ0v) is 16.0. The van der Waals surface area contributed by atoms with Crippen LogP contribution in [0.1, 0.15) is 6.92 Å². The maximum absolute atomic E-state index is 12.9. The van der Waals surface area contributed by atoms with E-state index in [1.807, 2.05) is 0 Å². The highest BCUT2D eigenvalue weighted by Crippen LogP contribution is 2.58. The number of hydrogen-bond donors (Lipinski definition) is 1. The zero-order chi connectivity index (χ0) is 17.4. The van der Waals surface area contributed by atoms with E-state index in [4.69, 9.17) is 29.5 Å². The highest BCUT2D eigenvalue weighted by atomic mass is 33.1. The maximum atomic E-state index is 12.9. The lowest BCUT2D eigenvalue weighted by atomic mass is 9.82. The summed E-state index contributed by atoms with van der Waals surface area (Å²) < 4.78 is 40.7. The molecule has 7 atom stereocenters. The molecule has 0 aromatic carbocycles. The minimum absolute atomic E-state index is 0.0485. The van der Waals surface area contributed by atoms with Crippen LogP contribution in [0.4, 0.5) is 0 Å². The van der Waals surface area contributed by atoms with Crippen LogP contribution in [0.3, 0.4) is 0 Å². The van der Waals surface area contributed by atoms with Crippen molar-refractivity contribution >= 4 is 37.3 Å². The van der Waals surface area contributed by atoms with Gasteiger partial charge >= 0.3 is 7.82 Å². The van der Waals surface area contributed by atoms with Gasteiger partial charge in [0.2, 0.25) is 0 Å². The predicted molar refractivity (Wildman–Crippen MR) is 94.6 cm³/mol. The summed E-state index contributed by atoms with van der Waals surface area (Å²) in [6.07, 6.45) is 3.25. The summed E-state index contributed by atoms with van der Waals surface area (Å²) >= 11 is 0. The van der Waals surface area contributed by atoms with E-state index >= 15 is 0 Å². The molecule has 1 N–H and O–H groups in total. The molecule has 2 unspecified atom stereocenters. The Balaban J connectivity index is 1.68. The zero-order valence-electron chi connectivity index (χ0n) is 13.5. The average Bonchev–Trinajstić information content (AvgIpc) is 2.76. The molecule has 3 heterocycles. The molecule has 3 fully saturated rings. The first-order valence-corrected chi connectivity index (χ1v) is 11.6. The molecule has 0 bridgehead atoms. The fraction of sp³-hybridized carbons (Fsp3) is 0.846. The molecule has 0 amide bonds. The molecule has 0 saturated carbocycles. The van der Waals surface area contributed by atoms with Gasteiger partial charge in [0, 0.05) is 11.5 Å². The minimum Gasteiger partial charge on any atom is -0.385 e. The Kier molecular flexibility index (Phi) is 5.97. The molecule has 0 aromatic heterocycles. The molecule has 24 heavy (non-hydrogen) atoms. The molecule has 0 radical (unpaired) electrons. The summed E-state index contributed by atoms with van der Waals surface area (Å²) in [6.45, 7) is 1.81. The second-order valence-electron chi connectivity index (χ2n) is 6.08. The largest absolute Gasteiger partial charge is 0.475 e. The van der Waals surface area contributed by atoms with E-state index in [0.29, 0.717) is 11.5 Å². The fourth-order valence-electron chi connectivity index (χ4n) is 2.79. The molecular formula is C13H20BO7PS2. The summed E-state index contributed by atoms with van der Waals surface area (Å²) in [4.78, 5) is 0. The predicted octanol–water partition coefficient (Wildman–Crippen LogP) is 0.417. The Morgan fingerprint density at radius 1 is 1.46 bits per heavy atom. The molecule has 0 aliphatic carbocycles. The molecular weight excluding hydrogens is 374 g/mol. The van der Waals surface area contributed by atoms with Crippen molar-refractivity contribution in [2.24, 2.45) is 0 Å². The molecule has 3 saturated heterocycles. The monoisotopic (exact) mass is 394 g/mol. The average molecular weight is 394 g/mol. The van der Waals surface area contributed by atoms with Crippen molar-refractivity contribution in [3.8, 4) is 12.3 Å². The van der Waals surface area contributed by atoms with Crippen molar-refractivity contribution in [1.82, 2.24) is 0 Å². The van der Waals surface area contributed by atoms with Crippen molar-refractivity contribution in [2.75, 3.05) is 24.7 Å². The van der Waals surface area contributed by atoms with Crippen LogP contribution >= 0.6 is 29.4 Å². The maximum Gasteiger partial charge on any atom is 0.475 e. The third-order valence-corrected chi connectivity index (χ3v) is 8.26. The molecule has 11 heteroatoms. The topological polar surface area (TPSA) is 83.5 Å². The molecule has 3 aliphatic heterocycles. The lowest BCUT2D eigenvalue weighted by Crippen LogP contribution is -2.49. The first-order chi connectivity index (χ1) is 11.4. The van der Waals surface area contributed by atoms with Crippen LogP contribution in [-0.4, -0.2) is 73.7 Å². The Labute approximate surface area is 150 Å². The molecule has 3 aliphatic rings. The van der Waals surface area contributed by atoms with Gasteiger partial charge in [-0.3, -0.25) is 13.6 Å². The summed E-state index contributed by atoms with van der Waals surface area (Å²) in [6, 6.07) is -0.448. The van der Waals surface area contributed by atoms with Crippen molar-refractivity contribution in [1.29, 1.82) is 0 Å². The summed E-state index contributed by atoms with van der Waals surface area (Å²) in [7, 11) is 1.17. The lowest BCUT2D eigenvalue weighted by Gasteiger charge is -2.38. The van der Waals surface area contributed by atoms with Crippen molar-refractivity contribution in [3.05, 3.63) is 0 Å². The van der Waals surface area contributed by atoms with Gasteiger partial charge < -0.3 is 14.6 Å². The van der Waals surface area contributed by atoms with Crippen molar-refractivity contribution < 1.29 is 32.7 Å². The highest BCUT2D eigenvalue weighted by Gasteiger charge is 2.58. The lowest BCUT2D eigenvalue weighted by molar-refractivity contribution is -0.0906. The first-order valence-electron chi connectivity index (χ1n) is 7.64. The van der Waals surface area contributed by atoms with Gasteiger partial charge in [-0.05, 0) is 6.92 Å². The molecule has 0 spiro atoms. The number of terminal acetylenes is 1. The van der Waals surface area contributed by atoms with Gasteiger partial charge in [0.25, 0.3) is 0 Å². The number of rotatable bonds is 4. The third kappa shape index (κ3) is 3.85. The number of phosphoric ester groups is 1. The van der Waals surface area contributed by atoms with Crippen LogP contribution in [0, 0.1) is 12.3 Å². The highest BCUT2D eigenvalue weighted by molar-refractivity contribution is 8.76. The number of ether oxygens (including phenoxy) is 2. The van der Waals surface area contributed by atoms with Crippen LogP contribution in [0.5, 0.6) is 0 Å². The minimum atomic E-state index is -3.82. The Morgan fingerprint density at radius 3 is 2.88 bits per heavy atom. The van der Waals surface area contributed by atoms with Gasteiger partial charge in [-0.25, -0.2) is 4.57 Å². The van der Waals surface area contributed by atoms with E-state index in [9.17, 15) is 9.67 Å². The Morgan fingerprint density at radius 2 is 2.17 bits per heavy atom. The number of fused-ring (bicyclic) bond motifs is 1. The van der Waals surface area contributed by atoms with Crippen molar-refractivity contribution in [2.45, 2.75) is 42.9 Å². The van der Waals surface area contributed by atoms with E-state index in [1.54, 1.807) is 36.4 Å². The SMILES string of the molecule is B[C@@H]1O[C@@H]2COP(=O)(O[C@@H]3CSSC[C@H]3OCC#C)OC2[C@@]1(C)O. The van der Waals surface area contributed by atoms with E-state index in [1.165, 1.54) is 0 Å². The molecule has 0 aromatic rings. The van der Waals surface area contributed by atoms with E-state index < -0.39 is 37.7 Å². The smallest absolute Gasteiger partial charge is 0.385 e. The Bertz CT molecular complexity index is 557. The van der Waals surface area contributed by atoms with E-state index in [2.05, 4.69) is 5.92 Å². The summed E-state index contributed by atoms with van der Waals surface area (Å²) in [5, 5.41) is 10.5. The van der Waals surface area contributed by atoms with Crippen molar-refractivity contribution in [3.63, 3.8) is 0 Å².